The summed E-state index contributed by atoms with van der Waals surface area (Å²) in [6.45, 7) is 2.96. The van der Waals surface area contributed by atoms with Crippen molar-refractivity contribution in [2.24, 2.45) is 0 Å². The van der Waals surface area contributed by atoms with Gasteiger partial charge in [-0.05, 0) is 39.5 Å². The lowest BCUT2D eigenvalue weighted by atomic mass is 9.78. The van der Waals surface area contributed by atoms with Gasteiger partial charge >= 0.3 is 0 Å². The Bertz CT molecular complexity index is 437. The lowest BCUT2D eigenvalue weighted by Gasteiger charge is -2.46. The molecule has 1 atom stereocenters. The van der Waals surface area contributed by atoms with Gasteiger partial charge in [0.1, 0.15) is 5.82 Å². The van der Waals surface area contributed by atoms with Crippen molar-refractivity contribution < 1.29 is 4.39 Å². The molecule has 2 nitrogen and oxygen atoms in total. The molecule has 0 radical (unpaired) electrons. The molecule has 2 rings (SSSR count). The van der Waals surface area contributed by atoms with Crippen molar-refractivity contribution in [3.05, 3.63) is 35.6 Å². The maximum atomic E-state index is 14.4. The average molecular weight is 292 g/mol. The van der Waals surface area contributed by atoms with Crippen molar-refractivity contribution in [1.29, 1.82) is 0 Å². The van der Waals surface area contributed by atoms with Crippen molar-refractivity contribution >= 4 is 0 Å². The zero-order valence-corrected chi connectivity index (χ0v) is 13.7. The molecule has 1 aliphatic carbocycles. The SMILES string of the molecule is CCNC(c1ccccc1F)C1(N(C)C)CCCCCC1. The molecular weight excluding hydrogens is 263 g/mol. The topological polar surface area (TPSA) is 15.3 Å². The van der Waals surface area contributed by atoms with Crippen molar-refractivity contribution in [2.75, 3.05) is 20.6 Å². The van der Waals surface area contributed by atoms with Crippen molar-refractivity contribution in [3.63, 3.8) is 0 Å². The predicted molar refractivity (Wildman–Crippen MR) is 86.9 cm³/mol. The fourth-order valence-electron chi connectivity index (χ4n) is 3.84. The van der Waals surface area contributed by atoms with E-state index in [1.54, 1.807) is 12.1 Å². The van der Waals surface area contributed by atoms with Crippen LogP contribution in [0.4, 0.5) is 4.39 Å². The Balaban J connectivity index is 2.43. The molecule has 0 saturated heterocycles. The minimum Gasteiger partial charge on any atom is -0.309 e. The Hall–Kier alpha value is -0.930. The Morgan fingerprint density at radius 1 is 1.14 bits per heavy atom. The Morgan fingerprint density at radius 2 is 1.76 bits per heavy atom. The Morgan fingerprint density at radius 3 is 2.29 bits per heavy atom. The summed E-state index contributed by atoms with van der Waals surface area (Å²) >= 11 is 0. The standard InChI is InChI=1S/C18H29FN2/c1-4-20-17(15-11-7-8-12-16(15)19)18(21(2)3)13-9-5-6-10-14-18/h7-8,11-12,17,20H,4-6,9-10,13-14H2,1-3H3. The molecule has 21 heavy (non-hydrogen) atoms. The summed E-state index contributed by atoms with van der Waals surface area (Å²) in [4.78, 5) is 2.33. The van der Waals surface area contributed by atoms with Crippen LogP contribution in [0.5, 0.6) is 0 Å². The highest BCUT2D eigenvalue weighted by Crippen LogP contribution is 2.41. The quantitative estimate of drug-likeness (QED) is 0.821. The molecule has 0 spiro atoms. The molecule has 1 N–H and O–H groups in total. The van der Waals surface area contributed by atoms with Gasteiger partial charge in [0.2, 0.25) is 0 Å². The summed E-state index contributed by atoms with van der Waals surface area (Å²) in [6, 6.07) is 7.30. The van der Waals surface area contributed by atoms with E-state index in [1.165, 1.54) is 25.7 Å². The van der Waals surface area contributed by atoms with E-state index < -0.39 is 0 Å². The molecule has 1 fully saturated rings. The number of nitrogens with zero attached hydrogens (tertiary/aromatic N) is 1. The van der Waals surface area contributed by atoms with Gasteiger partial charge in [-0.15, -0.1) is 0 Å². The third-order valence-corrected chi connectivity index (χ3v) is 5.02. The van der Waals surface area contributed by atoms with E-state index in [-0.39, 0.29) is 17.4 Å². The van der Waals surface area contributed by atoms with Crippen LogP contribution in [0, 0.1) is 5.82 Å². The number of nitrogens with one attached hydrogen (secondary N) is 1. The third kappa shape index (κ3) is 3.46. The van der Waals surface area contributed by atoms with Gasteiger partial charge < -0.3 is 10.2 Å². The van der Waals surface area contributed by atoms with E-state index in [1.807, 2.05) is 12.1 Å². The minimum absolute atomic E-state index is 0.00863. The molecule has 3 heteroatoms. The second-order valence-corrected chi connectivity index (χ2v) is 6.42. The van der Waals surface area contributed by atoms with Crippen LogP contribution in [0.3, 0.4) is 0 Å². The predicted octanol–water partition coefficient (Wildman–Crippen LogP) is 4.13. The largest absolute Gasteiger partial charge is 0.309 e. The van der Waals surface area contributed by atoms with Crippen LogP contribution in [-0.2, 0) is 0 Å². The molecular formula is C18H29FN2. The monoisotopic (exact) mass is 292 g/mol. The molecule has 1 unspecified atom stereocenters. The first-order chi connectivity index (χ1) is 10.1. The van der Waals surface area contributed by atoms with Gasteiger partial charge in [-0.25, -0.2) is 4.39 Å². The maximum Gasteiger partial charge on any atom is 0.128 e. The van der Waals surface area contributed by atoms with Gasteiger partial charge in [0.05, 0.1) is 6.04 Å². The highest BCUT2D eigenvalue weighted by atomic mass is 19.1. The summed E-state index contributed by atoms with van der Waals surface area (Å²) in [5.74, 6) is -0.0890. The first-order valence-electron chi connectivity index (χ1n) is 8.27. The molecule has 0 aliphatic heterocycles. The summed E-state index contributed by atoms with van der Waals surface area (Å²) < 4.78 is 14.4. The van der Waals surface area contributed by atoms with Crippen LogP contribution in [0.2, 0.25) is 0 Å². The molecule has 1 aliphatic rings. The van der Waals surface area contributed by atoms with Crippen LogP contribution >= 0.6 is 0 Å². The summed E-state index contributed by atoms with van der Waals surface area (Å²) in [5, 5.41) is 3.58. The average Bonchev–Trinajstić information content (AvgIpc) is 2.72. The van der Waals surface area contributed by atoms with E-state index in [0.29, 0.717) is 0 Å². The first kappa shape index (κ1) is 16.4. The third-order valence-electron chi connectivity index (χ3n) is 5.02. The number of rotatable bonds is 5. The number of likely N-dealkylation sites (N-methyl/N-ethyl adjacent to an activating group) is 2. The molecule has 1 saturated carbocycles. The van der Waals surface area contributed by atoms with E-state index in [2.05, 4.69) is 31.2 Å². The Labute approximate surface area is 128 Å². The molecule has 0 bridgehead atoms. The van der Waals surface area contributed by atoms with E-state index >= 15 is 0 Å². The lowest BCUT2D eigenvalue weighted by molar-refractivity contribution is 0.0791. The van der Waals surface area contributed by atoms with Crippen LogP contribution in [0.15, 0.2) is 24.3 Å². The lowest BCUT2D eigenvalue weighted by Crippen LogP contribution is -2.53. The van der Waals surface area contributed by atoms with E-state index in [9.17, 15) is 4.39 Å². The number of hydrogen-bond acceptors (Lipinski definition) is 2. The van der Waals surface area contributed by atoms with Crippen molar-refractivity contribution in [2.45, 2.75) is 57.0 Å². The van der Waals surface area contributed by atoms with Crippen LogP contribution in [-0.4, -0.2) is 31.1 Å². The molecule has 1 aromatic rings. The van der Waals surface area contributed by atoms with Gasteiger partial charge in [-0.1, -0.05) is 50.8 Å². The van der Waals surface area contributed by atoms with Gasteiger partial charge in [-0.3, -0.25) is 0 Å². The molecule has 0 heterocycles. The van der Waals surface area contributed by atoms with Gasteiger partial charge in [-0.2, -0.15) is 0 Å². The number of halogens is 1. The maximum absolute atomic E-state index is 14.4. The number of benzene rings is 1. The van der Waals surface area contributed by atoms with Gasteiger partial charge in [0.25, 0.3) is 0 Å². The molecule has 0 aromatic heterocycles. The highest BCUT2D eigenvalue weighted by Gasteiger charge is 2.42. The second kappa shape index (κ2) is 7.37. The van der Waals surface area contributed by atoms with Gasteiger partial charge in [0.15, 0.2) is 0 Å². The van der Waals surface area contributed by atoms with E-state index in [0.717, 1.165) is 24.9 Å². The Kier molecular flexibility index (Phi) is 5.77. The van der Waals surface area contributed by atoms with Crippen molar-refractivity contribution in [3.8, 4) is 0 Å². The zero-order chi connectivity index (χ0) is 15.3. The van der Waals surface area contributed by atoms with Crippen LogP contribution in [0.1, 0.15) is 57.1 Å². The zero-order valence-electron chi connectivity index (χ0n) is 13.7. The minimum atomic E-state index is -0.0890. The molecule has 118 valence electrons. The summed E-state index contributed by atoms with van der Waals surface area (Å²) in [7, 11) is 4.30. The second-order valence-electron chi connectivity index (χ2n) is 6.42. The summed E-state index contributed by atoms with van der Waals surface area (Å²) in [6.07, 6.45) is 7.32. The number of hydrogen-bond donors (Lipinski definition) is 1. The van der Waals surface area contributed by atoms with Crippen LogP contribution in [0.25, 0.3) is 0 Å². The van der Waals surface area contributed by atoms with Gasteiger partial charge in [0, 0.05) is 11.1 Å². The summed E-state index contributed by atoms with van der Waals surface area (Å²) in [5.41, 5.74) is 0.823. The first-order valence-corrected chi connectivity index (χ1v) is 8.27. The van der Waals surface area contributed by atoms with Crippen LogP contribution < -0.4 is 5.32 Å². The fraction of sp³-hybridized carbons (Fsp3) is 0.667. The smallest absolute Gasteiger partial charge is 0.128 e. The highest BCUT2D eigenvalue weighted by molar-refractivity contribution is 5.25. The van der Waals surface area contributed by atoms with Crippen molar-refractivity contribution in [1.82, 2.24) is 10.2 Å². The fourth-order valence-corrected chi connectivity index (χ4v) is 3.84. The van der Waals surface area contributed by atoms with E-state index in [4.69, 9.17) is 0 Å². The molecule has 1 aromatic carbocycles. The molecule has 0 amide bonds. The normalized spacial score (nSPS) is 20.2.